The molecule has 0 aliphatic heterocycles. The maximum atomic E-state index is 12.3. The number of rotatable bonds is 7. The van der Waals surface area contributed by atoms with Crippen LogP contribution in [0, 0.1) is 13.8 Å². The van der Waals surface area contributed by atoms with Gasteiger partial charge in [-0.3, -0.25) is 4.79 Å². The maximum absolute atomic E-state index is 12.3. The Kier molecular flexibility index (Phi) is 6.09. The van der Waals surface area contributed by atoms with Crippen LogP contribution in [0.25, 0.3) is 0 Å². The average molecular weight is 384 g/mol. The monoisotopic (exact) mass is 384 g/mol. The molecule has 0 radical (unpaired) electrons. The van der Waals surface area contributed by atoms with E-state index in [1.165, 1.54) is 6.92 Å². The van der Waals surface area contributed by atoms with Crippen LogP contribution in [0.4, 0.5) is 5.13 Å². The van der Waals surface area contributed by atoms with Gasteiger partial charge in [-0.2, -0.15) is 0 Å². The predicted molar refractivity (Wildman–Crippen MR) is 95.4 cm³/mol. The lowest BCUT2D eigenvalue weighted by Gasteiger charge is -2.14. The average Bonchev–Trinajstić information content (AvgIpc) is 2.96. The van der Waals surface area contributed by atoms with Crippen LogP contribution >= 0.6 is 11.3 Å². The Morgan fingerprint density at radius 2 is 2.00 bits per heavy atom. The number of carbonyl (C=O) groups excluding carboxylic acids is 1. The van der Waals surface area contributed by atoms with Crippen molar-refractivity contribution in [2.75, 3.05) is 11.9 Å². The second-order valence-electron chi connectivity index (χ2n) is 5.63. The first-order valence-corrected chi connectivity index (χ1v) is 9.81. The molecule has 2 rings (SSSR count). The highest BCUT2D eigenvalue weighted by atomic mass is 32.2. The van der Waals surface area contributed by atoms with Crippen molar-refractivity contribution in [3.63, 3.8) is 0 Å². The molecule has 1 amide bonds. The van der Waals surface area contributed by atoms with Crippen molar-refractivity contribution in [2.24, 2.45) is 0 Å². The third-order valence-electron chi connectivity index (χ3n) is 3.25. The Balaban J connectivity index is 1.96. The molecule has 2 aromatic rings. The van der Waals surface area contributed by atoms with E-state index in [9.17, 15) is 13.2 Å². The Morgan fingerprint density at radius 1 is 1.28 bits per heavy atom. The van der Waals surface area contributed by atoms with E-state index in [1.54, 1.807) is 6.92 Å². The Hall–Kier alpha value is -2.04. The van der Waals surface area contributed by atoms with Crippen molar-refractivity contribution in [3.8, 4) is 5.75 Å². The van der Waals surface area contributed by atoms with Gasteiger partial charge in [0.05, 0.1) is 6.04 Å². The van der Waals surface area contributed by atoms with Gasteiger partial charge in [0.15, 0.2) is 0 Å². The summed E-state index contributed by atoms with van der Waals surface area (Å²) in [6.45, 7) is 7.15. The number of aryl methyl sites for hydroxylation is 2. The SMILES string of the molecule is CC(=O)Nc1nnc(S(=O)(=O)N[C@H](C)COc2ccc(C)c(C)c2)s1. The molecule has 0 fully saturated rings. The topological polar surface area (TPSA) is 110 Å². The summed E-state index contributed by atoms with van der Waals surface area (Å²) in [5, 5.41) is 9.75. The number of hydrogen-bond donors (Lipinski definition) is 2. The normalized spacial score (nSPS) is 12.6. The molecule has 136 valence electrons. The molecule has 25 heavy (non-hydrogen) atoms. The van der Waals surface area contributed by atoms with Crippen molar-refractivity contribution >= 4 is 32.4 Å². The minimum absolute atomic E-state index is 0.131. The fraction of sp³-hybridized carbons (Fsp3) is 0.400. The summed E-state index contributed by atoms with van der Waals surface area (Å²) in [7, 11) is -3.83. The maximum Gasteiger partial charge on any atom is 0.270 e. The summed E-state index contributed by atoms with van der Waals surface area (Å²) in [5.41, 5.74) is 2.26. The smallest absolute Gasteiger partial charge is 0.270 e. The number of aromatic nitrogens is 2. The molecule has 1 aromatic carbocycles. The van der Waals surface area contributed by atoms with Gasteiger partial charge in [0.1, 0.15) is 12.4 Å². The van der Waals surface area contributed by atoms with E-state index in [2.05, 4.69) is 20.2 Å². The standard InChI is InChI=1S/C15H20N4O4S2/c1-9-5-6-13(7-10(9)2)23-8-11(3)19-25(21,22)15-18-17-14(24-15)16-12(4)20/h5-7,11,19H,8H2,1-4H3,(H,16,17,20)/t11-/m1/s1. The zero-order valence-corrected chi connectivity index (χ0v) is 16.0. The molecule has 0 saturated carbocycles. The molecule has 2 N–H and O–H groups in total. The van der Waals surface area contributed by atoms with Gasteiger partial charge in [0, 0.05) is 6.92 Å². The molecular weight excluding hydrogens is 364 g/mol. The number of sulfonamides is 1. The molecule has 0 bridgehead atoms. The molecule has 1 heterocycles. The van der Waals surface area contributed by atoms with Crippen LogP contribution in [0.1, 0.15) is 25.0 Å². The van der Waals surface area contributed by atoms with Crippen LogP contribution in [0.3, 0.4) is 0 Å². The molecule has 0 spiro atoms. The number of nitrogens with zero attached hydrogens (tertiary/aromatic N) is 2. The lowest BCUT2D eigenvalue weighted by molar-refractivity contribution is -0.114. The molecule has 1 atom stereocenters. The van der Waals surface area contributed by atoms with Gasteiger partial charge < -0.3 is 10.1 Å². The van der Waals surface area contributed by atoms with Gasteiger partial charge in [-0.15, -0.1) is 10.2 Å². The van der Waals surface area contributed by atoms with Crippen LogP contribution in [0.2, 0.25) is 0 Å². The van der Waals surface area contributed by atoms with E-state index < -0.39 is 16.1 Å². The first-order chi connectivity index (χ1) is 11.7. The molecule has 0 aliphatic carbocycles. The highest BCUT2D eigenvalue weighted by molar-refractivity contribution is 7.91. The number of benzene rings is 1. The van der Waals surface area contributed by atoms with E-state index >= 15 is 0 Å². The first-order valence-electron chi connectivity index (χ1n) is 7.51. The second kappa shape index (κ2) is 7.89. The largest absolute Gasteiger partial charge is 0.492 e. The van der Waals surface area contributed by atoms with E-state index in [-0.39, 0.29) is 22.0 Å². The third kappa shape index (κ3) is 5.48. The number of anilines is 1. The molecular formula is C15H20N4O4S2. The van der Waals surface area contributed by atoms with E-state index in [0.717, 1.165) is 22.5 Å². The quantitative estimate of drug-likeness (QED) is 0.705. The number of hydrogen-bond acceptors (Lipinski definition) is 7. The zero-order valence-electron chi connectivity index (χ0n) is 14.4. The highest BCUT2D eigenvalue weighted by Gasteiger charge is 2.23. The predicted octanol–water partition coefficient (Wildman–Crippen LogP) is 1.86. The fourth-order valence-corrected chi connectivity index (χ4v) is 4.08. The van der Waals surface area contributed by atoms with Crippen molar-refractivity contribution in [1.29, 1.82) is 0 Å². The molecule has 0 unspecified atom stereocenters. The fourth-order valence-electron chi connectivity index (χ4n) is 1.89. The van der Waals surface area contributed by atoms with Gasteiger partial charge in [-0.05, 0) is 44.0 Å². The molecule has 0 saturated heterocycles. The van der Waals surface area contributed by atoms with Gasteiger partial charge >= 0.3 is 0 Å². The Bertz CT molecular complexity index is 864. The molecule has 8 nitrogen and oxygen atoms in total. The number of carbonyl (C=O) groups is 1. The van der Waals surface area contributed by atoms with Crippen LogP contribution in [0.15, 0.2) is 22.5 Å². The van der Waals surface area contributed by atoms with Gasteiger partial charge in [0.2, 0.25) is 15.4 Å². The van der Waals surface area contributed by atoms with Gasteiger partial charge in [-0.1, -0.05) is 17.4 Å². The Labute approximate surface area is 150 Å². The minimum atomic E-state index is -3.83. The van der Waals surface area contributed by atoms with Crippen molar-refractivity contribution in [3.05, 3.63) is 29.3 Å². The van der Waals surface area contributed by atoms with Crippen molar-refractivity contribution < 1.29 is 17.9 Å². The summed E-state index contributed by atoms with van der Waals surface area (Å²) >= 11 is 0.783. The van der Waals surface area contributed by atoms with Crippen molar-refractivity contribution in [1.82, 2.24) is 14.9 Å². The van der Waals surface area contributed by atoms with Crippen LogP contribution in [-0.4, -0.2) is 37.2 Å². The van der Waals surface area contributed by atoms with Crippen molar-refractivity contribution in [2.45, 2.75) is 38.1 Å². The van der Waals surface area contributed by atoms with Crippen LogP contribution in [0.5, 0.6) is 5.75 Å². The third-order valence-corrected chi connectivity index (χ3v) is 6.05. The van der Waals surface area contributed by atoms with Crippen LogP contribution < -0.4 is 14.8 Å². The zero-order chi connectivity index (χ0) is 18.6. The summed E-state index contributed by atoms with van der Waals surface area (Å²) in [6.07, 6.45) is 0. The second-order valence-corrected chi connectivity index (χ2v) is 8.50. The van der Waals surface area contributed by atoms with E-state index in [1.807, 2.05) is 32.0 Å². The summed E-state index contributed by atoms with van der Waals surface area (Å²) < 4.78 is 32.5. The van der Waals surface area contributed by atoms with E-state index in [4.69, 9.17) is 4.74 Å². The minimum Gasteiger partial charge on any atom is -0.492 e. The summed E-state index contributed by atoms with van der Waals surface area (Å²) in [5.74, 6) is 0.334. The lowest BCUT2D eigenvalue weighted by Crippen LogP contribution is -2.36. The number of ether oxygens (including phenoxy) is 1. The summed E-state index contributed by atoms with van der Waals surface area (Å²) in [6, 6.07) is 5.22. The lowest BCUT2D eigenvalue weighted by atomic mass is 10.1. The number of amides is 1. The van der Waals surface area contributed by atoms with Gasteiger partial charge in [0.25, 0.3) is 10.0 Å². The molecule has 1 aromatic heterocycles. The van der Waals surface area contributed by atoms with Gasteiger partial charge in [-0.25, -0.2) is 13.1 Å². The molecule has 10 heteroatoms. The molecule has 0 aliphatic rings. The van der Waals surface area contributed by atoms with E-state index in [0.29, 0.717) is 5.75 Å². The highest BCUT2D eigenvalue weighted by Crippen LogP contribution is 2.20. The first kappa shape index (κ1) is 19.3. The summed E-state index contributed by atoms with van der Waals surface area (Å²) in [4.78, 5) is 11.0. The number of nitrogens with one attached hydrogen (secondary N) is 2. The van der Waals surface area contributed by atoms with Crippen LogP contribution in [-0.2, 0) is 14.8 Å². The Morgan fingerprint density at radius 3 is 2.64 bits per heavy atom.